The molecule has 1 aromatic heterocycles. The van der Waals surface area contributed by atoms with E-state index in [1.54, 1.807) is 43.3 Å². The first kappa shape index (κ1) is 17.6. The van der Waals surface area contributed by atoms with Crippen molar-refractivity contribution in [2.75, 3.05) is 7.11 Å². The van der Waals surface area contributed by atoms with Crippen molar-refractivity contribution in [1.29, 1.82) is 0 Å². The topological polar surface area (TPSA) is 86.1 Å². The van der Waals surface area contributed by atoms with Crippen LogP contribution in [0.4, 0.5) is 0 Å². The lowest BCUT2D eigenvalue weighted by molar-refractivity contribution is 0.213. The summed E-state index contributed by atoms with van der Waals surface area (Å²) in [6.07, 6.45) is 6.47. The van der Waals surface area contributed by atoms with E-state index in [0.29, 0.717) is 10.8 Å². The van der Waals surface area contributed by atoms with E-state index in [9.17, 15) is 8.42 Å². The Morgan fingerprint density at radius 2 is 2.08 bits per heavy atom. The number of benzene rings is 1. The van der Waals surface area contributed by atoms with Crippen LogP contribution < -0.4 is 9.46 Å². The van der Waals surface area contributed by atoms with Crippen LogP contribution in [0.3, 0.4) is 0 Å². The Morgan fingerprint density at radius 3 is 2.68 bits per heavy atom. The molecule has 2 aromatic rings. The molecule has 1 aliphatic carbocycles. The van der Waals surface area contributed by atoms with E-state index in [-0.39, 0.29) is 6.04 Å². The van der Waals surface area contributed by atoms with Gasteiger partial charge in [-0.15, -0.1) is 0 Å². The van der Waals surface area contributed by atoms with Crippen LogP contribution in [0.25, 0.3) is 6.08 Å². The lowest BCUT2D eigenvalue weighted by Gasteiger charge is -2.35. The first-order valence-corrected chi connectivity index (χ1v) is 9.61. The first-order chi connectivity index (χ1) is 12.0. The second-order valence-corrected chi connectivity index (χ2v) is 8.19. The van der Waals surface area contributed by atoms with E-state index in [4.69, 9.17) is 4.74 Å². The summed E-state index contributed by atoms with van der Waals surface area (Å²) in [5.74, 6) is 1.17. The third kappa shape index (κ3) is 4.46. The minimum Gasteiger partial charge on any atom is -0.497 e. The maximum Gasteiger partial charge on any atom is 0.236 e. The molecule has 1 saturated carbocycles. The summed E-state index contributed by atoms with van der Waals surface area (Å²) < 4.78 is 34.6. The Labute approximate surface area is 147 Å². The van der Waals surface area contributed by atoms with Gasteiger partial charge in [-0.3, -0.25) is 4.68 Å². The van der Waals surface area contributed by atoms with E-state index in [0.717, 1.165) is 30.7 Å². The number of methoxy groups -OCH3 is 1. The predicted octanol–water partition coefficient (Wildman–Crippen LogP) is 2.05. The van der Waals surface area contributed by atoms with Gasteiger partial charge < -0.3 is 4.74 Å². The standard InChI is InChI=1S/C17H22N4O3S/c1-13(7-14-3-5-17(24-2)6-4-14)25(22,23)20-16-8-15(9-16)10-21-12-18-11-19-21/h3-7,11-12,15-16,20H,8-10H2,1-2H3/b13-7+. The van der Waals surface area contributed by atoms with Gasteiger partial charge in [-0.2, -0.15) is 5.10 Å². The molecule has 7 nitrogen and oxygen atoms in total. The van der Waals surface area contributed by atoms with Crippen LogP contribution >= 0.6 is 0 Å². The van der Waals surface area contributed by atoms with Crippen LogP contribution in [0.2, 0.25) is 0 Å². The quantitative estimate of drug-likeness (QED) is 0.815. The van der Waals surface area contributed by atoms with Crippen molar-refractivity contribution in [2.45, 2.75) is 32.4 Å². The van der Waals surface area contributed by atoms with Crippen LogP contribution in [0.15, 0.2) is 41.8 Å². The molecule has 0 amide bonds. The molecular weight excluding hydrogens is 340 g/mol. The molecular formula is C17H22N4O3S. The summed E-state index contributed by atoms with van der Waals surface area (Å²) in [5.41, 5.74) is 0.821. The molecule has 1 fully saturated rings. The van der Waals surface area contributed by atoms with Gasteiger partial charge in [0.05, 0.1) is 12.0 Å². The molecule has 3 rings (SSSR count). The first-order valence-electron chi connectivity index (χ1n) is 8.13. The fourth-order valence-corrected chi connectivity index (χ4v) is 4.01. The molecule has 0 radical (unpaired) electrons. The molecule has 1 aliphatic rings. The number of nitrogens with one attached hydrogen (secondary N) is 1. The molecule has 25 heavy (non-hydrogen) atoms. The van der Waals surface area contributed by atoms with E-state index in [1.165, 1.54) is 6.33 Å². The summed E-state index contributed by atoms with van der Waals surface area (Å²) >= 11 is 0. The summed E-state index contributed by atoms with van der Waals surface area (Å²) in [5, 5.41) is 4.07. The Bertz CT molecular complexity index is 823. The largest absolute Gasteiger partial charge is 0.497 e. The normalized spacial score (nSPS) is 21.0. The number of allylic oxidation sites excluding steroid dienone is 1. The number of rotatable bonds is 7. The Morgan fingerprint density at radius 1 is 1.36 bits per heavy atom. The fourth-order valence-electron chi connectivity index (χ4n) is 2.90. The van der Waals surface area contributed by atoms with Gasteiger partial charge in [0.25, 0.3) is 0 Å². The zero-order valence-corrected chi connectivity index (χ0v) is 15.1. The van der Waals surface area contributed by atoms with E-state index in [2.05, 4.69) is 14.8 Å². The Hall–Kier alpha value is -2.19. The minimum absolute atomic E-state index is 0.0160. The smallest absolute Gasteiger partial charge is 0.236 e. The number of ether oxygens (including phenoxy) is 1. The van der Waals surface area contributed by atoms with Crippen molar-refractivity contribution < 1.29 is 13.2 Å². The van der Waals surface area contributed by atoms with E-state index < -0.39 is 10.0 Å². The highest BCUT2D eigenvalue weighted by molar-refractivity contribution is 7.93. The average Bonchev–Trinajstić information content (AvgIpc) is 3.06. The SMILES string of the molecule is COc1ccc(/C=C(\C)S(=O)(=O)NC2CC(Cn3cncn3)C2)cc1. The molecule has 1 heterocycles. The van der Waals surface area contributed by atoms with Crippen LogP contribution in [0, 0.1) is 5.92 Å². The summed E-state index contributed by atoms with van der Waals surface area (Å²) in [4.78, 5) is 4.21. The van der Waals surface area contributed by atoms with Crippen LogP contribution in [-0.2, 0) is 16.6 Å². The van der Waals surface area contributed by atoms with Crippen molar-refractivity contribution >= 4 is 16.1 Å². The monoisotopic (exact) mass is 362 g/mol. The van der Waals surface area contributed by atoms with Crippen molar-refractivity contribution in [2.24, 2.45) is 5.92 Å². The highest BCUT2D eigenvalue weighted by Crippen LogP contribution is 2.30. The molecule has 1 N–H and O–H groups in total. The van der Waals surface area contributed by atoms with E-state index >= 15 is 0 Å². The molecule has 0 spiro atoms. The third-order valence-corrected chi connectivity index (χ3v) is 5.99. The van der Waals surface area contributed by atoms with Crippen molar-refractivity contribution in [1.82, 2.24) is 19.5 Å². The highest BCUT2D eigenvalue weighted by atomic mass is 32.2. The molecule has 0 atom stereocenters. The van der Waals surface area contributed by atoms with Gasteiger partial charge in [0, 0.05) is 12.6 Å². The van der Waals surface area contributed by atoms with E-state index in [1.807, 2.05) is 12.1 Å². The molecule has 0 saturated heterocycles. The molecule has 0 unspecified atom stereocenters. The highest BCUT2D eigenvalue weighted by Gasteiger charge is 2.32. The van der Waals surface area contributed by atoms with Crippen LogP contribution in [0.1, 0.15) is 25.3 Å². The zero-order valence-electron chi connectivity index (χ0n) is 14.3. The van der Waals surface area contributed by atoms with Crippen molar-refractivity contribution in [3.05, 3.63) is 47.4 Å². The maximum atomic E-state index is 12.5. The van der Waals surface area contributed by atoms with Crippen molar-refractivity contribution in [3.63, 3.8) is 0 Å². The number of nitrogens with zero attached hydrogens (tertiary/aromatic N) is 3. The van der Waals surface area contributed by atoms with Gasteiger partial charge in [0.2, 0.25) is 10.0 Å². The van der Waals surface area contributed by atoms with Gasteiger partial charge in [0.15, 0.2) is 0 Å². The second-order valence-electron chi connectivity index (χ2n) is 6.30. The van der Waals surface area contributed by atoms with Gasteiger partial charge in [-0.25, -0.2) is 18.1 Å². The Balaban J connectivity index is 1.55. The van der Waals surface area contributed by atoms with Crippen LogP contribution in [-0.4, -0.2) is 36.3 Å². The summed E-state index contributed by atoms with van der Waals surface area (Å²) in [6, 6.07) is 7.25. The average molecular weight is 362 g/mol. The summed E-state index contributed by atoms with van der Waals surface area (Å²) in [7, 11) is -1.88. The molecule has 1 aromatic carbocycles. The predicted molar refractivity (Wildman–Crippen MR) is 95.2 cm³/mol. The molecule has 0 bridgehead atoms. The van der Waals surface area contributed by atoms with Gasteiger partial charge in [-0.1, -0.05) is 12.1 Å². The van der Waals surface area contributed by atoms with Gasteiger partial charge >= 0.3 is 0 Å². The lowest BCUT2D eigenvalue weighted by atomic mass is 9.81. The fraction of sp³-hybridized carbons (Fsp3) is 0.412. The third-order valence-electron chi connectivity index (χ3n) is 4.38. The molecule has 134 valence electrons. The molecule has 8 heteroatoms. The maximum absolute atomic E-state index is 12.5. The second kappa shape index (κ2) is 7.37. The number of aromatic nitrogens is 3. The number of hydrogen-bond donors (Lipinski definition) is 1. The minimum atomic E-state index is -3.47. The van der Waals surface area contributed by atoms with Crippen molar-refractivity contribution in [3.8, 4) is 5.75 Å². The van der Waals surface area contributed by atoms with Crippen LogP contribution in [0.5, 0.6) is 5.75 Å². The lowest BCUT2D eigenvalue weighted by Crippen LogP contribution is -2.45. The molecule has 0 aliphatic heterocycles. The van der Waals surface area contributed by atoms with Gasteiger partial charge in [-0.05, 0) is 49.5 Å². The number of sulfonamides is 1. The van der Waals surface area contributed by atoms with Gasteiger partial charge in [0.1, 0.15) is 18.4 Å². The zero-order chi connectivity index (χ0) is 17.9. The summed E-state index contributed by atoms with van der Waals surface area (Å²) in [6.45, 7) is 2.39. The number of hydrogen-bond acceptors (Lipinski definition) is 5. The Kier molecular flexibility index (Phi) is 5.19.